The first-order chi connectivity index (χ1) is 15.4. The lowest BCUT2D eigenvalue weighted by atomic mass is 9.35. The first-order valence-electron chi connectivity index (χ1n) is 10.2. The van der Waals surface area contributed by atoms with Crippen LogP contribution in [0.15, 0.2) is 29.6 Å². The van der Waals surface area contributed by atoms with E-state index >= 15 is 0 Å². The van der Waals surface area contributed by atoms with E-state index in [0.29, 0.717) is 43.7 Å². The molecule has 0 spiro atoms. The number of aliphatic hydroxyl groups is 1. The number of rotatable bonds is 6. The highest BCUT2D eigenvalue weighted by atomic mass is 19.1. The van der Waals surface area contributed by atoms with Crippen LogP contribution < -0.4 is 4.74 Å². The van der Waals surface area contributed by atoms with Gasteiger partial charge in [0.05, 0.1) is 37.1 Å². The Morgan fingerprint density at radius 2 is 1.97 bits per heavy atom. The van der Waals surface area contributed by atoms with Crippen molar-refractivity contribution in [2.75, 3.05) is 6.61 Å². The van der Waals surface area contributed by atoms with Crippen molar-refractivity contribution in [3.8, 4) is 11.9 Å². The second-order valence-electron chi connectivity index (χ2n) is 8.77. The lowest BCUT2D eigenvalue weighted by Crippen LogP contribution is -2.69. The molecule has 32 heavy (non-hydrogen) atoms. The smallest absolute Gasteiger partial charge is 0.249 e. The van der Waals surface area contributed by atoms with Gasteiger partial charge >= 0.3 is 0 Å². The predicted octanol–water partition coefficient (Wildman–Crippen LogP) is 2.63. The van der Waals surface area contributed by atoms with Gasteiger partial charge in [-0.3, -0.25) is 4.79 Å². The van der Waals surface area contributed by atoms with Gasteiger partial charge in [0, 0.05) is 23.6 Å². The second kappa shape index (κ2) is 7.31. The highest BCUT2D eigenvalue weighted by Gasteiger charge is 2.73. The fourth-order valence-corrected chi connectivity index (χ4v) is 5.15. The van der Waals surface area contributed by atoms with E-state index < -0.39 is 29.7 Å². The van der Waals surface area contributed by atoms with Gasteiger partial charge in [-0.2, -0.15) is 10.4 Å². The van der Waals surface area contributed by atoms with E-state index in [0.717, 1.165) is 12.1 Å². The molecule has 2 bridgehead atoms. The van der Waals surface area contributed by atoms with Crippen molar-refractivity contribution < 1.29 is 23.4 Å². The van der Waals surface area contributed by atoms with Gasteiger partial charge in [-0.25, -0.2) is 23.8 Å². The van der Waals surface area contributed by atoms with Gasteiger partial charge in [-0.1, -0.05) is 0 Å². The third-order valence-electron chi connectivity index (χ3n) is 6.61. The molecule has 1 aromatic heterocycles. The van der Waals surface area contributed by atoms with Crippen LogP contribution in [0.5, 0.6) is 5.88 Å². The Labute approximate surface area is 182 Å². The molecule has 1 amide bonds. The summed E-state index contributed by atoms with van der Waals surface area (Å²) in [5, 5.41) is 23.4. The Kier molecular flexibility index (Phi) is 4.67. The molecule has 3 aliphatic carbocycles. The van der Waals surface area contributed by atoms with Crippen LogP contribution in [0.3, 0.4) is 0 Å². The number of halogens is 2. The van der Waals surface area contributed by atoms with E-state index in [1.165, 1.54) is 17.4 Å². The standard InChI is InChI=1S/C22H19F2N5O3/c23-16-3-13(4-17(24)15(16)8-30)18-1-2-28-29(18)20(31)22-9-21(10-22,11-22)12-32-19-7-26-14(5-25)6-27-19/h2-4,6-7,18,30H,1,8-12H2. The summed E-state index contributed by atoms with van der Waals surface area (Å²) in [7, 11) is 0. The van der Waals surface area contributed by atoms with E-state index in [1.54, 1.807) is 6.21 Å². The van der Waals surface area contributed by atoms with Gasteiger partial charge in [0.25, 0.3) is 0 Å². The Morgan fingerprint density at radius 3 is 2.56 bits per heavy atom. The first-order valence-corrected chi connectivity index (χ1v) is 10.2. The van der Waals surface area contributed by atoms with Crippen LogP contribution in [0.2, 0.25) is 0 Å². The van der Waals surface area contributed by atoms with Gasteiger partial charge in [0.15, 0.2) is 5.69 Å². The van der Waals surface area contributed by atoms with Gasteiger partial charge in [0.2, 0.25) is 11.8 Å². The summed E-state index contributed by atoms with van der Waals surface area (Å²) in [6.07, 6.45) is 6.62. The van der Waals surface area contributed by atoms with Crippen molar-refractivity contribution in [2.24, 2.45) is 15.9 Å². The van der Waals surface area contributed by atoms with Crippen LogP contribution in [-0.4, -0.2) is 38.8 Å². The number of nitrogens with zero attached hydrogens (tertiary/aromatic N) is 5. The summed E-state index contributed by atoms with van der Waals surface area (Å²) >= 11 is 0. The summed E-state index contributed by atoms with van der Waals surface area (Å²) in [5.41, 5.74) is -0.503. The average Bonchev–Trinajstić information content (AvgIpc) is 3.22. The molecule has 10 heteroatoms. The number of aromatic nitrogens is 2. The molecular formula is C22H19F2N5O3. The van der Waals surface area contributed by atoms with Crippen LogP contribution in [0.1, 0.15) is 48.5 Å². The summed E-state index contributed by atoms with van der Waals surface area (Å²) in [6, 6.07) is 3.63. The number of benzene rings is 1. The lowest BCUT2D eigenvalue weighted by molar-refractivity contribution is -0.227. The molecule has 8 nitrogen and oxygen atoms in total. The van der Waals surface area contributed by atoms with E-state index in [2.05, 4.69) is 15.1 Å². The first kappa shape index (κ1) is 20.5. The molecule has 3 fully saturated rings. The minimum absolute atomic E-state index is 0.106. The number of carbonyl (C=O) groups is 1. The molecule has 3 saturated carbocycles. The van der Waals surface area contributed by atoms with Crippen molar-refractivity contribution in [3.05, 3.63) is 53.0 Å². The Balaban J connectivity index is 1.23. The average molecular weight is 439 g/mol. The van der Waals surface area contributed by atoms with Crippen molar-refractivity contribution in [1.29, 1.82) is 5.26 Å². The molecular weight excluding hydrogens is 420 g/mol. The molecule has 1 atom stereocenters. The summed E-state index contributed by atoms with van der Waals surface area (Å²) in [4.78, 5) is 21.2. The van der Waals surface area contributed by atoms with Gasteiger partial charge in [0.1, 0.15) is 17.7 Å². The number of amides is 1. The minimum atomic E-state index is -0.839. The van der Waals surface area contributed by atoms with Crippen LogP contribution in [-0.2, 0) is 11.4 Å². The molecule has 0 radical (unpaired) electrons. The molecule has 1 aromatic carbocycles. The zero-order valence-electron chi connectivity index (χ0n) is 17.0. The van der Waals surface area contributed by atoms with E-state index in [4.69, 9.17) is 15.1 Å². The Bertz CT molecular complexity index is 1120. The Morgan fingerprint density at radius 1 is 1.25 bits per heavy atom. The van der Waals surface area contributed by atoms with E-state index in [-0.39, 0.29) is 22.6 Å². The maximum atomic E-state index is 14.1. The largest absolute Gasteiger partial charge is 0.476 e. The maximum absolute atomic E-state index is 14.1. The van der Waals surface area contributed by atoms with Crippen molar-refractivity contribution >= 4 is 12.1 Å². The van der Waals surface area contributed by atoms with Crippen molar-refractivity contribution in [2.45, 2.75) is 38.3 Å². The van der Waals surface area contributed by atoms with Crippen LogP contribution >= 0.6 is 0 Å². The van der Waals surface area contributed by atoms with Gasteiger partial charge in [-0.05, 0) is 37.0 Å². The molecule has 4 aliphatic rings. The zero-order valence-corrected chi connectivity index (χ0v) is 17.0. The lowest BCUT2D eigenvalue weighted by Gasteiger charge is -2.69. The molecule has 2 heterocycles. The molecule has 0 saturated heterocycles. The highest BCUT2D eigenvalue weighted by Crippen LogP contribution is 2.74. The number of carbonyl (C=O) groups excluding carboxylic acids is 1. The fraction of sp³-hybridized carbons (Fsp3) is 0.409. The second-order valence-corrected chi connectivity index (χ2v) is 8.77. The number of hydrogen-bond acceptors (Lipinski definition) is 7. The Hall–Kier alpha value is -3.45. The van der Waals surface area contributed by atoms with Crippen molar-refractivity contribution in [1.82, 2.24) is 15.0 Å². The van der Waals surface area contributed by atoms with Gasteiger partial charge in [-0.15, -0.1) is 0 Å². The molecule has 1 aliphatic heterocycles. The third-order valence-corrected chi connectivity index (χ3v) is 6.61. The quantitative estimate of drug-likeness (QED) is 0.741. The zero-order chi connectivity index (χ0) is 22.5. The molecule has 1 unspecified atom stereocenters. The minimum Gasteiger partial charge on any atom is -0.476 e. The van der Waals surface area contributed by atoms with Crippen LogP contribution in [0.25, 0.3) is 0 Å². The molecule has 1 N–H and O–H groups in total. The monoisotopic (exact) mass is 439 g/mol. The molecule has 2 aromatic rings. The summed E-state index contributed by atoms with van der Waals surface area (Å²) < 4.78 is 34.0. The molecule has 6 rings (SSSR count). The molecule has 164 valence electrons. The number of aliphatic hydroxyl groups excluding tert-OH is 1. The topological polar surface area (TPSA) is 112 Å². The number of nitriles is 1. The number of hydrogen-bond donors (Lipinski definition) is 1. The van der Waals surface area contributed by atoms with E-state index in [9.17, 15) is 13.6 Å². The SMILES string of the molecule is N#Cc1cnc(OCC23CC(C(=O)N4N=CCC4c4cc(F)c(CO)c(F)c4)(C2)C3)cn1. The normalized spacial score (nSPS) is 27.4. The summed E-state index contributed by atoms with van der Waals surface area (Å²) in [5.74, 6) is -1.50. The van der Waals surface area contributed by atoms with Gasteiger partial charge < -0.3 is 9.84 Å². The third kappa shape index (κ3) is 3.12. The highest BCUT2D eigenvalue weighted by molar-refractivity contribution is 5.88. The summed E-state index contributed by atoms with van der Waals surface area (Å²) in [6.45, 7) is -0.336. The number of hydrazone groups is 1. The predicted molar refractivity (Wildman–Crippen MR) is 106 cm³/mol. The van der Waals surface area contributed by atoms with Crippen LogP contribution in [0, 0.1) is 33.8 Å². The van der Waals surface area contributed by atoms with Crippen LogP contribution in [0.4, 0.5) is 8.78 Å². The fourth-order valence-electron chi connectivity index (χ4n) is 5.15. The van der Waals surface area contributed by atoms with Crippen molar-refractivity contribution in [3.63, 3.8) is 0 Å². The maximum Gasteiger partial charge on any atom is 0.249 e. The van der Waals surface area contributed by atoms with E-state index in [1.807, 2.05) is 6.07 Å². The number of ether oxygens (including phenoxy) is 1.